The van der Waals surface area contributed by atoms with E-state index >= 15 is 0 Å². The van der Waals surface area contributed by atoms with E-state index in [0.717, 1.165) is 22.4 Å². The van der Waals surface area contributed by atoms with Crippen molar-refractivity contribution in [2.75, 3.05) is 6.61 Å². The summed E-state index contributed by atoms with van der Waals surface area (Å²) in [5.74, 6) is 1.29. The number of nitrogens with two attached hydrogens (primary N) is 1. The van der Waals surface area contributed by atoms with Gasteiger partial charge >= 0.3 is 0 Å². The standard InChI is InChI=1S/C24H24N4O3/c1-4-29-20-11-16(9-10-19(20)30-13-17-8-6-5-7-14(17)2)22-18(12-25)23(26)31-24-21(22)15(3)27-28-24/h5-11,22H,4,13,26H2,1-3H3,(H,27,28). The molecule has 0 radical (unpaired) electrons. The number of hydrogen-bond donors (Lipinski definition) is 2. The van der Waals surface area contributed by atoms with E-state index in [4.69, 9.17) is 19.9 Å². The molecule has 0 saturated heterocycles. The Morgan fingerprint density at radius 2 is 1.97 bits per heavy atom. The first-order valence-corrected chi connectivity index (χ1v) is 10.1. The molecule has 3 aromatic rings. The van der Waals surface area contributed by atoms with Gasteiger partial charge in [-0.3, -0.25) is 5.10 Å². The van der Waals surface area contributed by atoms with Gasteiger partial charge in [-0.15, -0.1) is 5.10 Å². The summed E-state index contributed by atoms with van der Waals surface area (Å²) in [6.07, 6.45) is 0. The van der Waals surface area contributed by atoms with Gasteiger partial charge in [-0.1, -0.05) is 30.3 Å². The maximum absolute atomic E-state index is 9.76. The molecule has 1 aliphatic heterocycles. The minimum absolute atomic E-state index is 0.0596. The van der Waals surface area contributed by atoms with E-state index in [1.165, 1.54) is 5.56 Å². The average Bonchev–Trinajstić information content (AvgIpc) is 3.13. The first-order chi connectivity index (χ1) is 15.0. The Morgan fingerprint density at radius 3 is 2.71 bits per heavy atom. The highest BCUT2D eigenvalue weighted by Crippen LogP contribution is 2.44. The Labute approximate surface area is 181 Å². The number of hydrogen-bond acceptors (Lipinski definition) is 6. The summed E-state index contributed by atoms with van der Waals surface area (Å²) >= 11 is 0. The summed E-state index contributed by atoms with van der Waals surface area (Å²) in [5.41, 5.74) is 11.1. The van der Waals surface area contributed by atoms with E-state index in [1.807, 2.05) is 50.2 Å². The van der Waals surface area contributed by atoms with Gasteiger partial charge in [0.25, 0.3) is 0 Å². The van der Waals surface area contributed by atoms with Crippen LogP contribution in [0.3, 0.4) is 0 Å². The number of aromatic amines is 1. The third-order valence-corrected chi connectivity index (χ3v) is 5.37. The molecule has 0 amide bonds. The number of ether oxygens (including phenoxy) is 3. The summed E-state index contributed by atoms with van der Waals surface area (Å²) in [6.45, 7) is 6.79. The summed E-state index contributed by atoms with van der Waals surface area (Å²) in [4.78, 5) is 0. The Balaban J connectivity index is 1.71. The van der Waals surface area contributed by atoms with Gasteiger partial charge in [-0.05, 0) is 49.6 Å². The molecule has 0 aliphatic carbocycles. The SMILES string of the molecule is CCOc1cc(C2C(C#N)=C(N)Oc3n[nH]c(C)c32)ccc1OCc1ccccc1C. The van der Waals surface area contributed by atoms with Crippen molar-refractivity contribution in [2.24, 2.45) is 5.73 Å². The van der Waals surface area contributed by atoms with Crippen molar-refractivity contribution in [2.45, 2.75) is 33.3 Å². The third-order valence-electron chi connectivity index (χ3n) is 5.37. The van der Waals surface area contributed by atoms with E-state index < -0.39 is 5.92 Å². The van der Waals surface area contributed by atoms with E-state index in [0.29, 0.717) is 36.2 Å². The van der Waals surface area contributed by atoms with Gasteiger partial charge in [-0.25, -0.2) is 0 Å². The van der Waals surface area contributed by atoms with Crippen molar-refractivity contribution in [1.29, 1.82) is 5.26 Å². The van der Waals surface area contributed by atoms with Crippen molar-refractivity contribution < 1.29 is 14.2 Å². The molecule has 4 rings (SSSR count). The van der Waals surface area contributed by atoms with Crippen LogP contribution in [0.4, 0.5) is 0 Å². The molecule has 0 spiro atoms. The van der Waals surface area contributed by atoms with Crippen molar-refractivity contribution in [3.8, 4) is 23.4 Å². The first-order valence-electron chi connectivity index (χ1n) is 10.1. The number of benzene rings is 2. The molecule has 1 aliphatic rings. The topological polar surface area (TPSA) is 106 Å². The van der Waals surface area contributed by atoms with E-state index in [-0.39, 0.29) is 5.88 Å². The van der Waals surface area contributed by atoms with Crippen LogP contribution in [-0.4, -0.2) is 16.8 Å². The summed E-state index contributed by atoms with van der Waals surface area (Å²) in [5, 5.41) is 16.8. The lowest BCUT2D eigenvalue weighted by Crippen LogP contribution is -2.21. The number of fused-ring (bicyclic) bond motifs is 1. The van der Waals surface area contributed by atoms with Gasteiger partial charge in [0, 0.05) is 11.3 Å². The van der Waals surface area contributed by atoms with E-state index in [1.54, 1.807) is 0 Å². The highest BCUT2D eigenvalue weighted by atomic mass is 16.5. The fourth-order valence-electron chi connectivity index (χ4n) is 3.75. The Hall–Kier alpha value is -3.92. The van der Waals surface area contributed by atoms with Gasteiger partial charge in [0.2, 0.25) is 11.8 Å². The first kappa shape index (κ1) is 20.4. The van der Waals surface area contributed by atoms with Crippen molar-refractivity contribution in [3.05, 3.63) is 81.9 Å². The molecule has 1 aromatic heterocycles. The molecule has 0 fully saturated rings. The Bertz CT molecular complexity index is 1190. The van der Waals surface area contributed by atoms with Gasteiger partial charge < -0.3 is 19.9 Å². The van der Waals surface area contributed by atoms with Crippen LogP contribution in [0.2, 0.25) is 0 Å². The number of nitrogens with zero attached hydrogens (tertiary/aromatic N) is 2. The predicted molar refractivity (Wildman–Crippen MR) is 116 cm³/mol. The average molecular weight is 416 g/mol. The largest absolute Gasteiger partial charge is 0.490 e. The molecule has 0 bridgehead atoms. The molecular formula is C24H24N4O3. The van der Waals surface area contributed by atoms with Gasteiger partial charge in [0.1, 0.15) is 18.2 Å². The lowest BCUT2D eigenvalue weighted by atomic mass is 9.84. The maximum Gasteiger partial charge on any atom is 0.244 e. The van der Waals surface area contributed by atoms with Crippen LogP contribution in [0.1, 0.15) is 40.8 Å². The molecular weight excluding hydrogens is 392 g/mol. The molecule has 3 N–H and O–H groups in total. The normalized spacial score (nSPS) is 15.1. The summed E-state index contributed by atoms with van der Waals surface area (Å²) < 4.78 is 17.5. The van der Waals surface area contributed by atoms with E-state index in [2.05, 4.69) is 29.3 Å². The van der Waals surface area contributed by atoms with Crippen LogP contribution < -0.4 is 19.9 Å². The number of nitrogens with one attached hydrogen (secondary N) is 1. The number of aryl methyl sites for hydroxylation is 2. The van der Waals surface area contributed by atoms with Crippen LogP contribution >= 0.6 is 0 Å². The molecule has 2 aromatic carbocycles. The molecule has 1 unspecified atom stereocenters. The highest BCUT2D eigenvalue weighted by Gasteiger charge is 2.34. The lowest BCUT2D eigenvalue weighted by molar-refractivity contribution is 0.268. The highest BCUT2D eigenvalue weighted by molar-refractivity contribution is 5.57. The van der Waals surface area contributed by atoms with Crippen LogP contribution in [-0.2, 0) is 6.61 Å². The van der Waals surface area contributed by atoms with Gasteiger partial charge in [0.05, 0.1) is 12.5 Å². The fraction of sp³-hybridized carbons (Fsp3) is 0.250. The van der Waals surface area contributed by atoms with Gasteiger partial charge in [0.15, 0.2) is 11.5 Å². The number of rotatable bonds is 6. The molecule has 7 heteroatoms. The molecule has 31 heavy (non-hydrogen) atoms. The van der Waals surface area contributed by atoms with Crippen molar-refractivity contribution in [3.63, 3.8) is 0 Å². The quantitative estimate of drug-likeness (QED) is 0.623. The monoisotopic (exact) mass is 416 g/mol. The molecule has 1 atom stereocenters. The smallest absolute Gasteiger partial charge is 0.244 e. The van der Waals surface area contributed by atoms with Crippen LogP contribution in [0.25, 0.3) is 0 Å². The number of allylic oxidation sites excluding steroid dienone is 1. The van der Waals surface area contributed by atoms with Gasteiger partial charge in [-0.2, -0.15) is 5.26 Å². The maximum atomic E-state index is 9.76. The minimum atomic E-state index is -0.405. The number of aromatic nitrogens is 2. The summed E-state index contributed by atoms with van der Waals surface area (Å²) in [6, 6.07) is 16.0. The molecule has 0 saturated carbocycles. The molecule has 7 nitrogen and oxygen atoms in total. The Morgan fingerprint density at radius 1 is 1.16 bits per heavy atom. The number of H-pyrrole nitrogens is 1. The van der Waals surface area contributed by atoms with Crippen molar-refractivity contribution in [1.82, 2.24) is 10.2 Å². The lowest BCUT2D eigenvalue weighted by Gasteiger charge is -2.24. The fourth-order valence-corrected chi connectivity index (χ4v) is 3.75. The number of nitriles is 1. The van der Waals surface area contributed by atoms with Crippen LogP contribution in [0.5, 0.6) is 17.4 Å². The minimum Gasteiger partial charge on any atom is -0.490 e. The zero-order chi connectivity index (χ0) is 22.0. The molecule has 2 heterocycles. The second-order valence-corrected chi connectivity index (χ2v) is 7.35. The van der Waals surface area contributed by atoms with Crippen LogP contribution in [0.15, 0.2) is 53.9 Å². The van der Waals surface area contributed by atoms with Crippen LogP contribution in [0, 0.1) is 25.2 Å². The zero-order valence-electron chi connectivity index (χ0n) is 17.7. The third kappa shape index (κ3) is 3.80. The van der Waals surface area contributed by atoms with Crippen molar-refractivity contribution >= 4 is 0 Å². The summed E-state index contributed by atoms with van der Waals surface area (Å²) in [7, 11) is 0. The molecule has 158 valence electrons. The second-order valence-electron chi connectivity index (χ2n) is 7.35. The van der Waals surface area contributed by atoms with E-state index in [9.17, 15) is 5.26 Å². The Kier molecular flexibility index (Phi) is 5.54. The predicted octanol–water partition coefficient (Wildman–Crippen LogP) is 4.22. The second kappa shape index (κ2) is 8.44. The zero-order valence-corrected chi connectivity index (χ0v) is 17.7.